The Bertz CT molecular complexity index is 656. The van der Waals surface area contributed by atoms with E-state index in [1.807, 2.05) is 23.7 Å². The predicted molar refractivity (Wildman–Crippen MR) is 81.4 cm³/mol. The Morgan fingerprint density at radius 1 is 1.32 bits per heavy atom. The summed E-state index contributed by atoms with van der Waals surface area (Å²) in [6, 6.07) is 3.76. The Hall–Kier alpha value is -1.83. The minimum Gasteiger partial charge on any atom is -0.486 e. The number of imidazole rings is 1. The first-order chi connectivity index (χ1) is 10.7. The zero-order valence-corrected chi connectivity index (χ0v) is 12.6. The van der Waals surface area contributed by atoms with E-state index in [2.05, 4.69) is 10.3 Å². The van der Waals surface area contributed by atoms with E-state index in [0.717, 1.165) is 29.8 Å². The van der Waals surface area contributed by atoms with Gasteiger partial charge in [-0.2, -0.15) is 0 Å². The zero-order chi connectivity index (χ0) is 15.5. The Labute approximate surface area is 128 Å². The van der Waals surface area contributed by atoms with Crippen molar-refractivity contribution in [3.63, 3.8) is 0 Å². The van der Waals surface area contributed by atoms with Crippen LogP contribution in [0.25, 0.3) is 11.0 Å². The van der Waals surface area contributed by atoms with Gasteiger partial charge < -0.3 is 29.6 Å². The molecule has 1 atom stereocenters. The quantitative estimate of drug-likeness (QED) is 0.692. The number of aliphatic hydroxyl groups excluding tert-OH is 2. The normalized spacial score (nSPS) is 15.2. The van der Waals surface area contributed by atoms with E-state index in [1.165, 1.54) is 0 Å². The number of aliphatic hydroxyl groups is 2. The molecule has 3 rings (SSSR count). The molecule has 1 unspecified atom stereocenters. The lowest BCUT2D eigenvalue weighted by Gasteiger charge is -2.18. The van der Waals surface area contributed by atoms with Crippen LogP contribution < -0.4 is 14.8 Å². The van der Waals surface area contributed by atoms with Crippen molar-refractivity contribution in [3.05, 3.63) is 18.0 Å². The fourth-order valence-corrected chi connectivity index (χ4v) is 2.61. The first-order valence-electron chi connectivity index (χ1n) is 7.45. The van der Waals surface area contributed by atoms with E-state index >= 15 is 0 Å². The number of likely N-dealkylation sites (N-methyl/N-ethyl adjacent to an activating group) is 1. The third kappa shape index (κ3) is 2.87. The standard InChI is InChI=1S/C15H21N3O4/c1-16-3-2-15-17-11-6-13-14(22-5-4-21-13)7-12(11)18(15)8-10(20)9-19/h6-7,10,16,19-20H,2-5,8-9H2,1H3. The number of benzene rings is 1. The molecule has 1 aliphatic heterocycles. The number of aromatic nitrogens is 2. The van der Waals surface area contributed by atoms with Gasteiger partial charge in [-0.15, -0.1) is 0 Å². The molecule has 3 N–H and O–H groups in total. The zero-order valence-electron chi connectivity index (χ0n) is 12.6. The van der Waals surface area contributed by atoms with Crippen LogP contribution in [0.3, 0.4) is 0 Å². The number of rotatable bonds is 6. The molecule has 22 heavy (non-hydrogen) atoms. The van der Waals surface area contributed by atoms with Gasteiger partial charge in [0.05, 0.1) is 30.3 Å². The molecule has 0 radical (unpaired) electrons. The van der Waals surface area contributed by atoms with Gasteiger partial charge in [0, 0.05) is 25.1 Å². The van der Waals surface area contributed by atoms with Crippen LogP contribution in [0.5, 0.6) is 11.5 Å². The van der Waals surface area contributed by atoms with Gasteiger partial charge in [-0.25, -0.2) is 4.98 Å². The van der Waals surface area contributed by atoms with E-state index in [0.29, 0.717) is 31.3 Å². The minimum atomic E-state index is -0.820. The molecule has 0 saturated carbocycles. The lowest BCUT2D eigenvalue weighted by Crippen LogP contribution is -2.22. The molecule has 1 aromatic heterocycles. The second kappa shape index (κ2) is 6.51. The van der Waals surface area contributed by atoms with Gasteiger partial charge in [0.1, 0.15) is 19.0 Å². The second-order valence-corrected chi connectivity index (χ2v) is 5.31. The summed E-state index contributed by atoms with van der Waals surface area (Å²) in [5.74, 6) is 2.25. The van der Waals surface area contributed by atoms with Crippen LogP contribution in [0.4, 0.5) is 0 Å². The van der Waals surface area contributed by atoms with Gasteiger partial charge in [0.25, 0.3) is 0 Å². The number of nitrogens with zero attached hydrogens (tertiary/aromatic N) is 2. The molecule has 0 bridgehead atoms. The molecule has 7 nitrogen and oxygen atoms in total. The Kier molecular flexibility index (Phi) is 4.47. The van der Waals surface area contributed by atoms with Crippen LogP contribution in [-0.2, 0) is 13.0 Å². The summed E-state index contributed by atoms with van der Waals surface area (Å²) in [5.41, 5.74) is 1.68. The summed E-state index contributed by atoms with van der Waals surface area (Å²) < 4.78 is 13.1. The number of ether oxygens (including phenoxy) is 2. The summed E-state index contributed by atoms with van der Waals surface area (Å²) in [6.07, 6.45) is -0.0886. The SMILES string of the molecule is CNCCc1nc2cc3c(cc2n1CC(O)CO)OCCO3. The lowest BCUT2D eigenvalue weighted by atomic mass is 10.2. The molecule has 1 aromatic carbocycles. The number of fused-ring (bicyclic) bond motifs is 2. The molecule has 0 aliphatic carbocycles. The van der Waals surface area contributed by atoms with E-state index < -0.39 is 6.10 Å². The van der Waals surface area contributed by atoms with Gasteiger partial charge in [0.2, 0.25) is 0 Å². The van der Waals surface area contributed by atoms with Crippen molar-refractivity contribution >= 4 is 11.0 Å². The highest BCUT2D eigenvalue weighted by atomic mass is 16.6. The maximum Gasteiger partial charge on any atom is 0.163 e. The van der Waals surface area contributed by atoms with E-state index in [1.54, 1.807) is 0 Å². The topological polar surface area (TPSA) is 88.8 Å². The van der Waals surface area contributed by atoms with Crippen LogP contribution in [-0.4, -0.2) is 59.3 Å². The third-order valence-corrected chi connectivity index (χ3v) is 3.69. The van der Waals surface area contributed by atoms with Gasteiger partial charge in [-0.05, 0) is 7.05 Å². The van der Waals surface area contributed by atoms with Crippen LogP contribution >= 0.6 is 0 Å². The van der Waals surface area contributed by atoms with E-state index in [9.17, 15) is 5.11 Å². The maximum absolute atomic E-state index is 9.81. The molecular formula is C15H21N3O4. The van der Waals surface area contributed by atoms with E-state index in [4.69, 9.17) is 14.6 Å². The van der Waals surface area contributed by atoms with Gasteiger partial charge in [-0.3, -0.25) is 0 Å². The fraction of sp³-hybridized carbons (Fsp3) is 0.533. The van der Waals surface area contributed by atoms with Crippen molar-refractivity contribution in [1.82, 2.24) is 14.9 Å². The van der Waals surface area contributed by atoms with Crippen molar-refractivity contribution in [3.8, 4) is 11.5 Å². The average molecular weight is 307 g/mol. The van der Waals surface area contributed by atoms with Crippen LogP contribution in [0.15, 0.2) is 12.1 Å². The van der Waals surface area contributed by atoms with Gasteiger partial charge in [0.15, 0.2) is 11.5 Å². The molecule has 0 spiro atoms. The Morgan fingerprint density at radius 2 is 2.05 bits per heavy atom. The fourth-order valence-electron chi connectivity index (χ4n) is 2.61. The highest BCUT2D eigenvalue weighted by molar-refractivity contribution is 5.80. The van der Waals surface area contributed by atoms with Crippen molar-refractivity contribution in [2.75, 3.05) is 33.4 Å². The highest BCUT2D eigenvalue weighted by Gasteiger charge is 2.19. The summed E-state index contributed by atoms with van der Waals surface area (Å²) in [7, 11) is 1.88. The first kappa shape index (κ1) is 15.1. The molecule has 1 aliphatic rings. The molecule has 0 fully saturated rings. The number of nitrogens with one attached hydrogen (secondary N) is 1. The second-order valence-electron chi connectivity index (χ2n) is 5.31. The predicted octanol–water partition coefficient (Wildman–Crippen LogP) is -0.0774. The monoisotopic (exact) mass is 307 g/mol. The van der Waals surface area contributed by atoms with Crippen molar-refractivity contribution < 1.29 is 19.7 Å². The number of hydrogen-bond donors (Lipinski definition) is 3. The highest BCUT2D eigenvalue weighted by Crippen LogP contribution is 2.34. The maximum atomic E-state index is 9.81. The van der Waals surface area contributed by atoms with Crippen molar-refractivity contribution in [2.45, 2.75) is 19.1 Å². The largest absolute Gasteiger partial charge is 0.486 e. The third-order valence-electron chi connectivity index (χ3n) is 3.69. The molecule has 0 saturated heterocycles. The van der Waals surface area contributed by atoms with Crippen LogP contribution in [0, 0.1) is 0 Å². The lowest BCUT2D eigenvalue weighted by molar-refractivity contribution is 0.0814. The van der Waals surface area contributed by atoms with Gasteiger partial charge in [-0.1, -0.05) is 0 Å². The minimum absolute atomic E-state index is 0.282. The summed E-state index contributed by atoms with van der Waals surface area (Å²) in [5, 5.41) is 22.0. The number of hydrogen-bond acceptors (Lipinski definition) is 6. The van der Waals surface area contributed by atoms with Crippen LogP contribution in [0.1, 0.15) is 5.82 Å². The Balaban J connectivity index is 2.05. The molecule has 7 heteroatoms. The molecule has 2 heterocycles. The molecular weight excluding hydrogens is 286 g/mol. The van der Waals surface area contributed by atoms with Gasteiger partial charge >= 0.3 is 0 Å². The molecule has 120 valence electrons. The smallest absolute Gasteiger partial charge is 0.163 e. The van der Waals surface area contributed by atoms with Crippen molar-refractivity contribution in [1.29, 1.82) is 0 Å². The Morgan fingerprint density at radius 3 is 2.73 bits per heavy atom. The summed E-state index contributed by atoms with van der Waals surface area (Å²) in [4.78, 5) is 4.64. The average Bonchev–Trinajstić information content (AvgIpc) is 2.87. The molecule has 0 amide bonds. The van der Waals surface area contributed by atoms with Crippen molar-refractivity contribution in [2.24, 2.45) is 0 Å². The van der Waals surface area contributed by atoms with E-state index in [-0.39, 0.29) is 6.61 Å². The first-order valence-corrected chi connectivity index (χ1v) is 7.45. The summed E-state index contributed by atoms with van der Waals surface area (Å²) >= 11 is 0. The summed E-state index contributed by atoms with van der Waals surface area (Å²) in [6.45, 7) is 1.86. The van der Waals surface area contributed by atoms with Crippen LogP contribution in [0.2, 0.25) is 0 Å². The molecule has 2 aromatic rings.